The Morgan fingerprint density at radius 1 is 1.08 bits per heavy atom. The molecule has 0 spiro atoms. The van der Waals surface area contributed by atoms with Crippen LogP contribution in [0.5, 0.6) is 0 Å². The molecular formula is C12H21N. The Hall–Kier alpha value is -0.300. The van der Waals surface area contributed by atoms with Crippen molar-refractivity contribution >= 4 is 0 Å². The van der Waals surface area contributed by atoms with Crippen LogP contribution in [0.15, 0.2) is 12.2 Å². The minimum Gasteiger partial charge on any atom is -0.307 e. The normalized spacial score (nSPS) is 40.5. The highest BCUT2D eigenvalue weighted by Gasteiger charge is 2.30. The van der Waals surface area contributed by atoms with Crippen LogP contribution in [-0.4, -0.2) is 12.1 Å². The van der Waals surface area contributed by atoms with Gasteiger partial charge in [-0.05, 0) is 38.5 Å². The monoisotopic (exact) mass is 179 g/mol. The van der Waals surface area contributed by atoms with Gasteiger partial charge in [-0.1, -0.05) is 25.0 Å². The Labute approximate surface area is 81.6 Å². The van der Waals surface area contributed by atoms with Crippen molar-refractivity contribution in [3.63, 3.8) is 0 Å². The van der Waals surface area contributed by atoms with Crippen molar-refractivity contribution in [3.8, 4) is 0 Å². The van der Waals surface area contributed by atoms with Gasteiger partial charge in [-0.3, -0.25) is 0 Å². The molecule has 1 heteroatoms. The van der Waals surface area contributed by atoms with Crippen LogP contribution in [-0.2, 0) is 0 Å². The molecule has 0 radical (unpaired) electrons. The molecule has 1 saturated carbocycles. The Morgan fingerprint density at radius 3 is 2.77 bits per heavy atom. The molecule has 0 aromatic carbocycles. The van der Waals surface area contributed by atoms with Gasteiger partial charge in [0.1, 0.15) is 0 Å². The summed E-state index contributed by atoms with van der Waals surface area (Å²) in [6.07, 6.45) is 13.1. The number of fused-ring (bicyclic) bond motifs is 1. The van der Waals surface area contributed by atoms with Gasteiger partial charge in [0, 0.05) is 12.1 Å². The predicted molar refractivity (Wildman–Crippen MR) is 56.7 cm³/mol. The lowest BCUT2D eigenvalue weighted by Crippen LogP contribution is -2.48. The highest BCUT2D eigenvalue weighted by Crippen LogP contribution is 2.32. The second-order valence-corrected chi connectivity index (χ2v) is 4.53. The molecule has 1 N–H and O–H groups in total. The standard InChI is InChI=1S/C12H21N/c1-2-5-11-9-8-10-6-3-4-7-12(10)13-11/h2,5,10-13H,3-4,6-9H2,1H3. The lowest BCUT2D eigenvalue weighted by Gasteiger charge is -2.39. The SMILES string of the molecule is CC=CC1CCC2CCCCC2N1. The summed E-state index contributed by atoms with van der Waals surface area (Å²) in [7, 11) is 0. The zero-order valence-electron chi connectivity index (χ0n) is 8.63. The minimum atomic E-state index is 0.671. The van der Waals surface area contributed by atoms with Crippen molar-refractivity contribution in [2.45, 2.75) is 57.5 Å². The van der Waals surface area contributed by atoms with Crippen LogP contribution in [0.3, 0.4) is 0 Å². The van der Waals surface area contributed by atoms with Crippen LogP contribution in [0.2, 0.25) is 0 Å². The summed E-state index contributed by atoms with van der Waals surface area (Å²) in [5.41, 5.74) is 0. The molecule has 3 unspecified atom stereocenters. The summed E-state index contributed by atoms with van der Waals surface area (Å²) in [4.78, 5) is 0. The van der Waals surface area contributed by atoms with E-state index < -0.39 is 0 Å². The van der Waals surface area contributed by atoms with Gasteiger partial charge in [0.2, 0.25) is 0 Å². The van der Waals surface area contributed by atoms with E-state index >= 15 is 0 Å². The third-order valence-corrected chi connectivity index (χ3v) is 3.61. The summed E-state index contributed by atoms with van der Waals surface area (Å²) in [6, 6.07) is 1.51. The van der Waals surface area contributed by atoms with Crippen molar-refractivity contribution in [2.75, 3.05) is 0 Å². The molecule has 74 valence electrons. The molecular weight excluding hydrogens is 158 g/mol. The summed E-state index contributed by atoms with van der Waals surface area (Å²) in [6.45, 7) is 2.12. The first-order valence-electron chi connectivity index (χ1n) is 5.79. The molecule has 13 heavy (non-hydrogen) atoms. The molecule has 2 aliphatic rings. The molecule has 2 fully saturated rings. The number of rotatable bonds is 1. The lowest BCUT2D eigenvalue weighted by atomic mass is 9.78. The van der Waals surface area contributed by atoms with Crippen LogP contribution >= 0.6 is 0 Å². The van der Waals surface area contributed by atoms with Crippen LogP contribution in [0.1, 0.15) is 45.4 Å². The Bertz CT molecular complexity index is 186. The molecule has 1 nitrogen and oxygen atoms in total. The average Bonchev–Trinajstić information content (AvgIpc) is 2.18. The second-order valence-electron chi connectivity index (χ2n) is 4.53. The quantitative estimate of drug-likeness (QED) is 0.610. The van der Waals surface area contributed by atoms with E-state index in [4.69, 9.17) is 0 Å². The van der Waals surface area contributed by atoms with E-state index in [1.807, 2.05) is 0 Å². The summed E-state index contributed by atoms with van der Waals surface area (Å²) < 4.78 is 0. The minimum absolute atomic E-state index is 0.671. The van der Waals surface area contributed by atoms with E-state index in [-0.39, 0.29) is 0 Å². The molecule has 1 aliphatic heterocycles. The van der Waals surface area contributed by atoms with Gasteiger partial charge in [-0.25, -0.2) is 0 Å². The van der Waals surface area contributed by atoms with Gasteiger partial charge >= 0.3 is 0 Å². The molecule has 2 rings (SSSR count). The molecule has 0 aromatic rings. The van der Waals surface area contributed by atoms with Crippen molar-refractivity contribution in [3.05, 3.63) is 12.2 Å². The van der Waals surface area contributed by atoms with Crippen LogP contribution < -0.4 is 5.32 Å². The average molecular weight is 179 g/mol. The van der Waals surface area contributed by atoms with Gasteiger partial charge < -0.3 is 5.32 Å². The first-order valence-corrected chi connectivity index (χ1v) is 5.79. The summed E-state index contributed by atoms with van der Waals surface area (Å²) in [5.74, 6) is 0.996. The number of nitrogens with one attached hydrogen (secondary N) is 1. The van der Waals surface area contributed by atoms with Crippen LogP contribution in [0.4, 0.5) is 0 Å². The summed E-state index contributed by atoms with van der Waals surface area (Å²) in [5, 5.41) is 3.77. The van der Waals surface area contributed by atoms with Gasteiger partial charge in [0.25, 0.3) is 0 Å². The van der Waals surface area contributed by atoms with Crippen molar-refractivity contribution in [1.29, 1.82) is 0 Å². The van der Waals surface area contributed by atoms with E-state index in [9.17, 15) is 0 Å². The third kappa shape index (κ3) is 2.14. The fourth-order valence-corrected chi connectivity index (χ4v) is 2.91. The van der Waals surface area contributed by atoms with Gasteiger partial charge in [0.05, 0.1) is 0 Å². The summed E-state index contributed by atoms with van der Waals surface area (Å²) >= 11 is 0. The topological polar surface area (TPSA) is 12.0 Å². The predicted octanol–water partition coefficient (Wildman–Crippen LogP) is 2.87. The van der Waals surface area contributed by atoms with Crippen molar-refractivity contribution in [2.24, 2.45) is 5.92 Å². The van der Waals surface area contributed by atoms with Crippen LogP contribution in [0.25, 0.3) is 0 Å². The van der Waals surface area contributed by atoms with Gasteiger partial charge in [-0.15, -0.1) is 0 Å². The molecule has 1 saturated heterocycles. The zero-order chi connectivity index (χ0) is 9.10. The highest BCUT2D eigenvalue weighted by atomic mass is 15.0. The molecule has 0 bridgehead atoms. The molecule has 1 aliphatic carbocycles. The molecule has 0 amide bonds. The molecule has 1 heterocycles. The maximum Gasteiger partial charge on any atom is 0.0252 e. The smallest absolute Gasteiger partial charge is 0.0252 e. The second kappa shape index (κ2) is 4.28. The van der Waals surface area contributed by atoms with Crippen LogP contribution in [0, 0.1) is 5.92 Å². The van der Waals surface area contributed by atoms with E-state index in [1.165, 1.54) is 38.5 Å². The van der Waals surface area contributed by atoms with Crippen molar-refractivity contribution < 1.29 is 0 Å². The van der Waals surface area contributed by atoms with E-state index in [1.54, 1.807) is 0 Å². The van der Waals surface area contributed by atoms with E-state index in [0.29, 0.717) is 6.04 Å². The highest BCUT2D eigenvalue weighted by molar-refractivity contribution is 4.98. The Morgan fingerprint density at radius 2 is 1.92 bits per heavy atom. The number of allylic oxidation sites excluding steroid dienone is 1. The van der Waals surface area contributed by atoms with Crippen molar-refractivity contribution in [1.82, 2.24) is 5.32 Å². The first-order chi connectivity index (χ1) is 6.40. The molecule has 3 atom stereocenters. The Kier molecular flexibility index (Phi) is 3.05. The van der Waals surface area contributed by atoms with E-state index in [0.717, 1.165) is 12.0 Å². The third-order valence-electron chi connectivity index (χ3n) is 3.61. The maximum atomic E-state index is 3.77. The first kappa shape index (κ1) is 9.26. The van der Waals surface area contributed by atoms with Gasteiger partial charge in [-0.2, -0.15) is 0 Å². The largest absolute Gasteiger partial charge is 0.307 e. The fraction of sp³-hybridized carbons (Fsp3) is 0.833. The van der Waals surface area contributed by atoms with E-state index in [2.05, 4.69) is 24.4 Å². The number of hydrogen-bond acceptors (Lipinski definition) is 1. The fourth-order valence-electron chi connectivity index (χ4n) is 2.91. The maximum absolute atomic E-state index is 3.77. The lowest BCUT2D eigenvalue weighted by molar-refractivity contribution is 0.191. The Balaban J connectivity index is 1.91. The number of hydrogen-bond donors (Lipinski definition) is 1. The molecule has 0 aromatic heterocycles. The van der Waals surface area contributed by atoms with Gasteiger partial charge in [0.15, 0.2) is 0 Å². The number of piperidine rings is 1. The zero-order valence-corrected chi connectivity index (χ0v) is 8.63.